The zero-order valence-corrected chi connectivity index (χ0v) is 15.7. The number of carbonyl (C=O) groups is 2. The number of thiophene rings is 1. The molecule has 2 aromatic rings. The Bertz CT molecular complexity index is 803. The van der Waals surface area contributed by atoms with E-state index >= 15 is 0 Å². The average Bonchev–Trinajstić information content (AvgIpc) is 3.14. The van der Waals surface area contributed by atoms with Crippen LogP contribution in [-0.2, 0) is 17.8 Å². The Balaban J connectivity index is 1.54. The predicted molar refractivity (Wildman–Crippen MR) is 99.9 cm³/mol. The van der Waals surface area contributed by atoms with Crippen molar-refractivity contribution in [2.24, 2.45) is 0 Å². The average molecular weight is 374 g/mol. The fourth-order valence-corrected chi connectivity index (χ4v) is 3.95. The molecule has 0 spiro atoms. The SMILES string of the molecule is COc1cccc(C(=O)NCCC(=O)N2CCc3sccc3C2)c1OC. The number of carbonyl (C=O) groups excluding carboxylic acids is 2. The standard InChI is InChI=1S/C19H22N2O4S/c1-24-15-5-3-4-14(18(15)25-2)19(23)20-9-6-17(22)21-10-7-16-13(12-21)8-11-26-16/h3-5,8,11H,6-7,9-10,12H2,1-2H3,(H,20,23). The molecule has 0 saturated carbocycles. The van der Waals surface area contributed by atoms with Gasteiger partial charge in [-0.1, -0.05) is 6.07 Å². The number of nitrogens with one attached hydrogen (secondary N) is 1. The normalized spacial score (nSPS) is 13.1. The first-order valence-electron chi connectivity index (χ1n) is 8.46. The molecule has 2 amide bonds. The summed E-state index contributed by atoms with van der Waals surface area (Å²) < 4.78 is 10.5. The lowest BCUT2D eigenvalue weighted by Gasteiger charge is -2.27. The van der Waals surface area contributed by atoms with Crippen LogP contribution in [0.3, 0.4) is 0 Å². The van der Waals surface area contributed by atoms with Gasteiger partial charge in [0.25, 0.3) is 5.91 Å². The summed E-state index contributed by atoms with van der Waals surface area (Å²) in [6.45, 7) is 1.68. The van der Waals surface area contributed by atoms with Gasteiger partial charge >= 0.3 is 0 Å². The van der Waals surface area contributed by atoms with E-state index in [4.69, 9.17) is 9.47 Å². The molecule has 0 radical (unpaired) electrons. The number of fused-ring (bicyclic) bond motifs is 1. The van der Waals surface area contributed by atoms with Crippen LogP contribution in [0.25, 0.3) is 0 Å². The molecule has 0 saturated heterocycles. The van der Waals surface area contributed by atoms with Crippen LogP contribution < -0.4 is 14.8 Å². The highest BCUT2D eigenvalue weighted by Crippen LogP contribution is 2.30. The smallest absolute Gasteiger partial charge is 0.255 e. The van der Waals surface area contributed by atoms with Gasteiger partial charge in [-0.05, 0) is 35.6 Å². The summed E-state index contributed by atoms with van der Waals surface area (Å²) in [7, 11) is 3.02. The maximum Gasteiger partial charge on any atom is 0.255 e. The number of nitrogens with zero attached hydrogens (tertiary/aromatic N) is 1. The minimum atomic E-state index is -0.285. The van der Waals surface area contributed by atoms with E-state index in [-0.39, 0.29) is 24.8 Å². The zero-order chi connectivity index (χ0) is 18.5. The van der Waals surface area contributed by atoms with Gasteiger partial charge in [-0.2, -0.15) is 0 Å². The molecule has 2 heterocycles. The third kappa shape index (κ3) is 3.83. The Labute approximate surface area is 156 Å². The largest absolute Gasteiger partial charge is 0.493 e. The van der Waals surface area contributed by atoms with Crippen molar-refractivity contribution in [3.8, 4) is 11.5 Å². The van der Waals surface area contributed by atoms with Crippen LogP contribution in [0.15, 0.2) is 29.6 Å². The van der Waals surface area contributed by atoms with Crippen molar-refractivity contribution in [2.75, 3.05) is 27.3 Å². The van der Waals surface area contributed by atoms with Crippen LogP contribution in [0, 0.1) is 0 Å². The molecule has 1 aliphatic heterocycles. The van der Waals surface area contributed by atoms with Gasteiger partial charge in [0.05, 0.1) is 19.8 Å². The summed E-state index contributed by atoms with van der Waals surface area (Å²) in [5.41, 5.74) is 1.62. The van der Waals surface area contributed by atoms with Crippen molar-refractivity contribution in [1.82, 2.24) is 10.2 Å². The third-order valence-corrected chi connectivity index (χ3v) is 5.46. The Kier molecular flexibility index (Phi) is 5.78. The molecule has 26 heavy (non-hydrogen) atoms. The first-order chi connectivity index (χ1) is 12.6. The topological polar surface area (TPSA) is 67.9 Å². The Morgan fingerprint density at radius 3 is 2.85 bits per heavy atom. The minimum absolute atomic E-state index is 0.0553. The molecule has 0 unspecified atom stereocenters. The second-order valence-corrected chi connectivity index (χ2v) is 6.98. The van der Waals surface area contributed by atoms with Crippen molar-refractivity contribution in [3.05, 3.63) is 45.6 Å². The highest BCUT2D eigenvalue weighted by molar-refractivity contribution is 7.10. The van der Waals surface area contributed by atoms with Crippen LogP contribution in [-0.4, -0.2) is 44.0 Å². The molecule has 1 aromatic heterocycles. The van der Waals surface area contributed by atoms with Crippen LogP contribution >= 0.6 is 11.3 Å². The molecule has 3 rings (SSSR count). The Morgan fingerprint density at radius 2 is 2.08 bits per heavy atom. The first kappa shape index (κ1) is 18.3. The number of para-hydroxylation sites is 1. The van der Waals surface area contributed by atoms with E-state index in [1.165, 1.54) is 24.7 Å². The maximum atomic E-state index is 12.4. The highest BCUT2D eigenvalue weighted by atomic mass is 32.1. The predicted octanol–water partition coefficient (Wildman–Crippen LogP) is 2.47. The summed E-state index contributed by atoms with van der Waals surface area (Å²) in [6, 6.07) is 7.21. The van der Waals surface area contributed by atoms with Crippen LogP contribution in [0.2, 0.25) is 0 Å². The molecular weight excluding hydrogens is 352 g/mol. The van der Waals surface area contributed by atoms with Gasteiger partial charge in [0, 0.05) is 30.9 Å². The van der Waals surface area contributed by atoms with Crippen LogP contribution in [0.1, 0.15) is 27.2 Å². The van der Waals surface area contributed by atoms with Gasteiger partial charge in [-0.3, -0.25) is 9.59 Å². The van der Waals surface area contributed by atoms with E-state index in [0.717, 1.165) is 13.0 Å². The van der Waals surface area contributed by atoms with Crippen molar-refractivity contribution in [1.29, 1.82) is 0 Å². The first-order valence-corrected chi connectivity index (χ1v) is 9.34. The number of rotatable bonds is 6. The molecule has 1 N–H and O–H groups in total. The molecule has 0 bridgehead atoms. The van der Waals surface area contributed by atoms with E-state index < -0.39 is 0 Å². The van der Waals surface area contributed by atoms with Crippen molar-refractivity contribution in [2.45, 2.75) is 19.4 Å². The number of amides is 2. The molecule has 0 fully saturated rings. The van der Waals surface area contributed by atoms with Crippen molar-refractivity contribution >= 4 is 23.2 Å². The van der Waals surface area contributed by atoms with E-state index in [1.807, 2.05) is 4.90 Å². The van der Waals surface area contributed by atoms with E-state index in [0.29, 0.717) is 23.6 Å². The molecule has 0 atom stereocenters. The lowest BCUT2D eigenvalue weighted by molar-refractivity contribution is -0.131. The van der Waals surface area contributed by atoms with E-state index in [2.05, 4.69) is 16.8 Å². The molecule has 6 nitrogen and oxygen atoms in total. The van der Waals surface area contributed by atoms with Crippen LogP contribution in [0.4, 0.5) is 0 Å². The van der Waals surface area contributed by atoms with Crippen molar-refractivity contribution < 1.29 is 19.1 Å². The van der Waals surface area contributed by atoms with Gasteiger partial charge < -0.3 is 19.7 Å². The van der Waals surface area contributed by atoms with Gasteiger partial charge in [0.15, 0.2) is 11.5 Å². The summed E-state index contributed by atoms with van der Waals surface area (Å²) in [5.74, 6) is 0.656. The molecule has 1 aromatic carbocycles. The molecule has 138 valence electrons. The highest BCUT2D eigenvalue weighted by Gasteiger charge is 2.22. The number of benzene rings is 1. The zero-order valence-electron chi connectivity index (χ0n) is 14.9. The summed E-state index contributed by atoms with van der Waals surface area (Å²) >= 11 is 1.75. The number of hydrogen-bond donors (Lipinski definition) is 1. The number of hydrogen-bond acceptors (Lipinski definition) is 5. The molecular formula is C19H22N2O4S. The summed E-state index contributed by atoms with van der Waals surface area (Å²) in [4.78, 5) is 28.0. The maximum absolute atomic E-state index is 12.4. The number of methoxy groups -OCH3 is 2. The fraction of sp³-hybridized carbons (Fsp3) is 0.368. The van der Waals surface area contributed by atoms with Gasteiger partial charge in [0.1, 0.15) is 0 Å². The second-order valence-electron chi connectivity index (χ2n) is 5.98. The van der Waals surface area contributed by atoms with Gasteiger partial charge in [-0.25, -0.2) is 0 Å². The van der Waals surface area contributed by atoms with Gasteiger partial charge in [-0.15, -0.1) is 11.3 Å². The van der Waals surface area contributed by atoms with E-state index in [1.54, 1.807) is 29.5 Å². The molecule has 7 heteroatoms. The Morgan fingerprint density at radius 1 is 1.23 bits per heavy atom. The fourth-order valence-electron chi connectivity index (χ4n) is 3.06. The lowest BCUT2D eigenvalue weighted by atomic mass is 10.1. The molecule has 1 aliphatic rings. The van der Waals surface area contributed by atoms with E-state index in [9.17, 15) is 9.59 Å². The van der Waals surface area contributed by atoms with Crippen molar-refractivity contribution in [3.63, 3.8) is 0 Å². The Hall–Kier alpha value is -2.54. The number of ether oxygens (including phenoxy) is 2. The minimum Gasteiger partial charge on any atom is -0.493 e. The second kappa shape index (κ2) is 8.23. The summed E-state index contributed by atoms with van der Waals surface area (Å²) in [5, 5.41) is 4.86. The quantitative estimate of drug-likeness (QED) is 0.843. The lowest BCUT2D eigenvalue weighted by Crippen LogP contribution is -2.37. The van der Waals surface area contributed by atoms with Crippen LogP contribution in [0.5, 0.6) is 11.5 Å². The third-order valence-electron chi connectivity index (χ3n) is 4.43. The summed E-state index contributed by atoms with van der Waals surface area (Å²) in [6.07, 6.45) is 1.18. The molecule has 0 aliphatic carbocycles. The monoisotopic (exact) mass is 374 g/mol. The van der Waals surface area contributed by atoms with Gasteiger partial charge in [0.2, 0.25) is 5.91 Å².